The van der Waals surface area contributed by atoms with Crippen LogP contribution in [0.15, 0.2) is 42.5 Å². The third kappa shape index (κ3) is 4.30. The van der Waals surface area contributed by atoms with Gasteiger partial charge in [0.1, 0.15) is 5.82 Å². The Hall–Kier alpha value is -2.40. The van der Waals surface area contributed by atoms with Gasteiger partial charge in [0.25, 0.3) is 5.91 Å². The summed E-state index contributed by atoms with van der Waals surface area (Å²) in [6.07, 6.45) is 0. The van der Waals surface area contributed by atoms with Crippen molar-refractivity contribution in [3.63, 3.8) is 0 Å². The number of carbonyl (C=O) groups excluding carboxylic acids is 2. The third-order valence-electron chi connectivity index (χ3n) is 2.97. The number of hydrogen-bond acceptors (Lipinski definition) is 2. The Kier molecular flexibility index (Phi) is 5.12. The monoisotopic (exact) mass is 320 g/mol. The maximum absolute atomic E-state index is 13.4. The molecule has 0 aromatic heterocycles. The van der Waals surface area contributed by atoms with Crippen molar-refractivity contribution in [2.45, 2.75) is 6.92 Å². The minimum absolute atomic E-state index is 0.211. The van der Waals surface area contributed by atoms with Gasteiger partial charge in [-0.3, -0.25) is 9.59 Å². The molecule has 2 aromatic carbocycles. The van der Waals surface area contributed by atoms with Crippen LogP contribution in [0.2, 0.25) is 5.02 Å². The van der Waals surface area contributed by atoms with E-state index in [1.54, 1.807) is 43.3 Å². The van der Waals surface area contributed by atoms with Gasteiger partial charge >= 0.3 is 0 Å². The molecule has 0 saturated heterocycles. The summed E-state index contributed by atoms with van der Waals surface area (Å²) in [5.41, 5.74) is 1.24. The molecule has 2 N–H and O–H groups in total. The van der Waals surface area contributed by atoms with Crippen molar-refractivity contribution in [3.8, 4) is 0 Å². The Bertz CT molecular complexity index is 702. The Morgan fingerprint density at radius 2 is 1.82 bits per heavy atom. The molecule has 6 heteroatoms. The van der Waals surface area contributed by atoms with Gasteiger partial charge in [0.15, 0.2) is 0 Å². The molecule has 0 radical (unpaired) electrons. The zero-order valence-electron chi connectivity index (χ0n) is 11.8. The summed E-state index contributed by atoms with van der Waals surface area (Å²) in [7, 11) is 0. The number of aryl methyl sites for hydroxylation is 1. The Labute approximate surface area is 132 Å². The number of benzene rings is 2. The van der Waals surface area contributed by atoms with Gasteiger partial charge in [0.2, 0.25) is 5.91 Å². The van der Waals surface area contributed by atoms with Gasteiger partial charge in [-0.1, -0.05) is 17.7 Å². The summed E-state index contributed by atoms with van der Waals surface area (Å²) in [5, 5.41) is 5.51. The molecule has 22 heavy (non-hydrogen) atoms. The normalized spacial score (nSPS) is 10.1. The van der Waals surface area contributed by atoms with Crippen LogP contribution in [0.3, 0.4) is 0 Å². The lowest BCUT2D eigenvalue weighted by Crippen LogP contribution is -2.32. The van der Waals surface area contributed by atoms with Gasteiger partial charge in [-0.15, -0.1) is 0 Å². The van der Waals surface area contributed by atoms with E-state index in [4.69, 9.17) is 11.6 Å². The predicted molar refractivity (Wildman–Crippen MR) is 83.6 cm³/mol. The second-order valence-corrected chi connectivity index (χ2v) is 5.14. The number of hydrogen-bond donors (Lipinski definition) is 2. The van der Waals surface area contributed by atoms with Crippen LogP contribution in [0.25, 0.3) is 0 Å². The Balaban J connectivity index is 1.88. The fourth-order valence-electron chi connectivity index (χ4n) is 1.74. The summed E-state index contributed by atoms with van der Waals surface area (Å²) in [4.78, 5) is 23.5. The molecule has 0 atom stereocenters. The van der Waals surface area contributed by atoms with E-state index >= 15 is 0 Å². The summed E-state index contributed by atoms with van der Waals surface area (Å²) >= 11 is 5.73. The van der Waals surface area contributed by atoms with E-state index in [2.05, 4.69) is 10.6 Å². The molecular weight excluding hydrogens is 307 g/mol. The van der Waals surface area contributed by atoms with E-state index in [-0.39, 0.29) is 12.5 Å². The first-order valence-electron chi connectivity index (χ1n) is 6.55. The molecule has 0 unspecified atom stereocenters. The largest absolute Gasteiger partial charge is 0.343 e. The van der Waals surface area contributed by atoms with E-state index in [1.165, 1.54) is 6.07 Å². The quantitative estimate of drug-likeness (QED) is 0.909. The molecular formula is C16H14ClFN2O2. The molecule has 2 amide bonds. The second-order valence-electron chi connectivity index (χ2n) is 4.70. The minimum atomic E-state index is -0.439. The van der Waals surface area contributed by atoms with Crippen LogP contribution < -0.4 is 10.6 Å². The summed E-state index contributed by atoms with van der Waals surface area (Å²) in [6.45, 7) is 1.42. The molecule has 114 valence electrons. The summed E-state index contributed by atoms with van der Waals surface area (Å²) < 4.78 is 13.4. The SMILES string of the molecule is Cc1ccc(NC(=O)CNC(=O)c2ccc(Cl)cc2)cc1F. The molecule has 2 aromatic rings. The van der Waals surface area contributed by atoms with E-state index in [0.717, 1.165) is 0 Å². The van der Waals surface area contributed by atoms with Crippen molar-refractivity contribution < 1.29 is 14.0 Å². The van der Waals surface area contributed by atoms with Crippen LogP contribution in [-0.4, -0.2) is 18.4 Å². The molecule has 0 spiro atoms. The first-order chi connectivity index (χ1) is 10.5. The lowest BCUT2D eigenvalue weighted by atomic mass is 10.2. The first kappa shape index (κ1) is 16.0. The molecule has 0 heterocycles. The van der Waals surface area contributed by atoms with E-state index < -0.39 is 11.7 Å². The van der Waals surface area contributed by atoms with Crippen molar-refractivity contribution in [2.24, 2.45) is 0 Å². The number of amides is 2. The van der Waals surface area contributed by atoms with Gasteiger partial charge in [-0.25, -0.2) is 4.39 Å². The maximum atomic E-state index is 13.4. The fraction of sp³-hybridized carbons (Fsp3) is 0.125. The zero-order chi connectivity index (χ0) is 16.1. The van der Waals surface area contributed by atoms with Gasteiger partial charge in [-0.2, -0.15) is 0 Å². The van der Waals surface area contributed by atoms with Crippen molar-refractivity contribution in [1.82, 2.24) is 5.32 Å². The van der Waals surface area contributed by atoms with E-state index in [1.807, 2.05) is 0 Å². The Morgan fingerprint density at radius 3 is 2.45 bits per heavy atom. The number of carbonyl (C=O) groups is 2. The maximum Gasteiger partial charge on any atom is 0.251 e. The predicted octanol–water partition coefficient (Wildman–Crippen LogP) is 3.16. The Morgan fingerprint density at radius 1 is 1.14 bits per heavy atom. The smallest absolute Gasteiger partial charge is 0.251 e. The highest BCUT2D eigenvalue weighted by Gasteiger charge is 2.09. The molecule has 4 nitrogen and oxygen atoms in total. The molecule has 0 aliphatic carbocycles. The number of anilines is 1. The van der Waals surface area contributed by atoms with Crippen LogP contribution in [0.4, 0.5) is 10.1 Å². The molecule has 0 aliphatic rings. The van der Waals surface area contributed by atoms with Gasteiger partial charge in [-0.05, 0) is 48.9 Å². The van der Waals surface area contributed by atoms with E-state index in [9.17, 15) is 14.0 Å². The highest BCUT2D eigenvalue weighted by atomic mass is 35.5. The van der Waals surface area contributed by atoms with Gasteiger partial charge < -0.3 is 10.6 Å². The topological polar surface area (TPSA) is 58.2 Å². The van der Waals surface area contributed by atoms with Crippen LogP contribution in [-0.2, 0) is 4.79 Å². The molecule has 0 aliphatic heterocycles. The van der Waals surface area contributed by atoms with Crippen LogP contribution in [0.1, 0.15) is 15.9 Å². The lowest BCUT2D eigenvalue weighted by molar-refractivity contribution is -0.115. The first-order valence-corrected chi connectivity index (χ1v) is 6.93. The summed E-state index contributed by atoms with van der Waals surface area (Å²) in [6, 6.07) is 10.7. The second kappa shape index (κ2) is 7.04. The third-order valence-corrected chi connectivity index (χ3v) is 3.22. The average Bonchev–Trinajstić information content (AvgIpc) is 2.49. The fourth-order valence-corrected chi connectivity index (χ4v) is 1.87. The van der Waals surface area contributed by atoms with Crippen LogP contribution in [0.5, 0.6) is 0 Å². The van der Waals surface area contributed by atoms with Crippen LogP contribution in [0, 0.1) is 12.7 Å². The molecule has 0 saturated carbocycles. The van der Waals surface area contributed by atoms with Crippen LogP contribution >= 0.6 is 11.6 Å². The number of rotatable bonds is 4. The van der Waals surface area contributed by atoms with Crippen molar-refractivity contribution in [3.05, 3.63) is 64.4 Å². The van der Waals surface area contributed by atoms with Crippen molar-refractivity contribution in [1.29, 1.82) is 0 Å². The standard InChI is InChI=1S/C16H14ClFN2O2/c1-10-2-7-13(8-14(10)18)20-15(21)9-19-16(22)11-3-5-12(17)6-4-11/h2-8H,9H2,1H3,(H,19,22)(H,20,21). The summed E-state index contributed by atoms with van der Waals surface area (Å²) in [5.74, 6) is -1.23. The number of nitrogens with one attached hydrogen (secondary N) is 2. The van der Waals surface area contributed by atoms with Gasteiger partial charge in [0.05, 0.1) is 6.54 Å². The molecule has 2 rings (SSSR count). The molecule has 0 fully saturated rings. The lowest BCUT2D eigenvalue weighted by Gasteiger charge is -2.08. The average molecular weight is 321 g/mol. The highest BCUT2D eigenvalue weighted by molar-refractivity contribution is 6.30. The van der Waals surface area contributed by atoms with Crippen molar-refractivity contribution in [2.75, 3.05) is 11.9 Å². The number of halogens is 2. The van der Waals surface area contributed by atoms with Gasteiger partial charge in [0, 0.05) is 16.3 Å². The molecule has 0 bridgehead atoms. The van der Waals surface area contributed by atoms with Crippen molar-refractivity contribution >= 4 is 29.1 Å². The minimum Gasteiger partial charge on any atom is -0.343 e. The van der Waals surface area contributed by atoms with E-state index in [0.29, 0.717) is 21.8 Å². The zero-order valence-corrected chi connectivity index (χ0v) is 12.6. The highest BCUT2D eigenvalue weighted by Crippen LogP contribution is 2.13.